The Kier molecular flexibility index (Phi) is 2.68. The molecule has 1 aliphatic rings. The second kappa shape index (κ2) is 3.56. The molecule has 0 spiro atoms. The average molecular weight is 170 g/mol. The van der Waals surface area contributed by atoms with Crippen LogP contribution in [-0.2, 0) is 9.59 Å². The lowest BCUT2D eigenvalue weighted by molar-refractivity contribution is -0.307. The highest BCUT2D eigenvalue weighted by atomic mass is 16.4. The minimum Gasteiger partial charge on any atom is -0.548 e. The van der Waals surface area contributed by atoms with Crippen molar-refractivity contribution in [1.29, 1.82) is 0 Å². The Labute approximate surface area is 71.0 Å². The fraction of sp³-hybridized carbons (Fsp3) is 0.750. The molecule has 1 amide bonds. The fourth-order valence-electron chi connectivity index (χ4n) is 0.943. The molecule has 1 atom stereocenters. The van der Waals surface area contributed by atoms with Crippen molar-refractivity contribution >= 4 is 11.9 Å². The van der Waals surface area contributed by atoms with E-state index in [0.29, 0.717) is 12.3 Å². The van der Waals surface area contributed by atoms with Crippen molar-refractivity contribution in [1.82, 2.24) is 5.32 Å². The van der Waals surface area contributed by atoms with Crippen LogP contribution in [0.3, 0.4) is 0 Å². The molecule has 1 unspecified atom stereocenters. The third-order valence-electron chi connectivity index (χ3n) is 1.90. The highest BCUT2D eigenvalue weighted by Gasteiger charge is 2.24. The number of carboxylic acid groups (broad SMARTS) is 1. The normalized spacial score (nSPS) is 18.4. The van der Waals surface area contributed by atoms with Gasteiger partial charge in [-0.1, -0.05) is 0 Å². The molecular weight excluding hydrogens is 158 g/mol. The van der Waals surface area contributed by atoms with E-state index in [1.54, 1.807) is 0 Å². The van der Waals surface area contributed by atoms with Gasteiger partial charge in [-0.3, -0.25) is 4.79 Å². The Morgan fingerprint density at radius 1 is 1.58 bits per heavy atom. The van der Waals surface area contributed by atoms with Crippen LogP contribution < -0.4 is 10.4 Å². The number of amides is 1. The highest BCUT2D eigenvalue weighted by Crippen LogP contribution is 2.32. The van der Waals surface area contributed by atoms with E-state index in [4.69, 9.17) is 0 Å². The smallest absolute Gasteiger partial charge is 0.220 e. The number of nitrogens with one attached hydrogen (secondary N) is 1. The predicted molar refractivity (Wildman–Crippen MR) is 40.0 cm³/mol. The van der Waals surface area contributed by atoms with Gasteiger partial charge in [-0.15, -0.1) is 0 Å². The molecule has 0 bridgehead atoms. The van der Waals surface area contributed by atoms with E-state index in [-0.39, 0.29) is 5.91 Å². The van der Waals surface area contributed by atoms with Gasteiger partial charge in [0.2, 0.25) is 5.91 Å². The van der Waals surface area contributed by atoms with E-state index < -0.39 is 12.0 Å². The van der Waals surface area contributed by atoms with Crippen LogP contribution in [0.1, 0.15) is 26.2 Å². The molecule has 0 aromatic rings. The molecule has 68 valence electrons. The van der Waals surface area contributed by atoms with Crippen molar-refractivity contribution in [3.05, 3.63) is 0 Å². The number of hydrogen-bond acceptors (Lipinski definition) is 3. The van der Waals surface area contributed by atoms with E-state index in [1.807, 2.05) is 0 Å². The second-order valence-corrected chi connectivity index (χ2v) is 3.26. The van der Waals surface area contributed by atoms with Gasteiger partial charge >= 0.3 is 0 Å². The maximum Gasteiger partial charge on any atom is 0.220 e. The van der Waals surface area contributed by atoms with Gasteiger partial charge in [0.15, 0.2) is 0 Å². The molecule has 1 aliphatic carbocycles. The summed E-state index contributed by atoms with van der Waals surface area (Å²) < 4.78 is 0. The van der Waals surface area contributed by atoms with Crippen molar-refractivity contribution < 1.29 is 14.7 Å². The van der Waals surface area contributed by atoms with Gasteiger partial charge in [-0.05, 0) is 25.7 Å². The number of hydrogen-bond donors (Lipinski definition) is 1. The summed E-state index contributed by atoms with van der Waals surface area (Å²) in [6, 6.07) is -0.878. The van der Waals surface area contributed by atoms with Gasteiger partial charge in [0.25, 0.3) is 0 Å². The quantitative estimate of drug-likeness (QED) is 0.591. The molecule has 0 aliphatic heterocycles. The molecule has 1 N–H and O–H groups in total. The zero-order valence-corrected chi connectivity index (χ0v) is 7.00. The van der Waals surface area contributed by atoms with E-state index in [9.17, 15) is 14.7 Å². The molecule has 12 heavy (non-hydrogen) atoms. The van der Waals surface area contributed by atoms with Crippen LogP contribution in [0, 0.1) is 5.92 Å². The van der Waals surface area contributed by atoms with E-state index >= 15 is 0 Å². The first-order valence-corrected chi connectivity index (χ1v) is 4.10. The number of carbonyl (C=O) groups excluding carboxylic acids is 2. The Morgan fingerprint density at radius 2 is 2.17 bits per heavy atom. The van der Waals surface area contributed by atoms with Crippen molar-refractivity contribution in [2.45, 2.75) is 32.2 Å². The first-order valence-electron chi connectivity index (χ1n) is 4.10. The number of carboxylic acids is 1. The molecule has 0 aromatic heterocycles. The fourth-order valence-corrected chi connectivity index (χ4v) is 0.943. The third kappa shape index (κ3) is 2.90. The SMILES string of the molecule is CC(NC(=O)CC1CC1)C(=O)[O-]. The van der Waals surface area contributed by atoms with Crippen LogP contribution in [0.5, 0.6) is 0 Å². The molecule has 1 saturated carbocycles. The standard InChI is InChI=1S/C8H13NO3/c1-5(8(11)12)9-7(10)4-6-2-3-6/h5-6H,2-4H2,1H3,(H,9,10)(H,11,12)/p-1. The summed E-state index contributed by atoms with van der Waals surface area (Å²) in [5, 5.41) is 12.6. The minimum absolute atomic E-state index is 0.186. The minimum atomic E-state index is -1.24. The van der Waals surface area contributed by atoms with Crippen molar-refractivity contribution in [2.75, 3.05) is 0 Å². The monoisotopic (exact) mass is 170 g/mol. The predicted octanol–water partition coefficient (Wildman–Crippen LogP) is -0.959. The number of rotatable bonds is 4. The van der Waals surface area contributed by atoms with E-state index in [2.05, 4.69) is 5.32 Å². The lowest BCUT2D eigenvalue weighted by atomic mass is 10.2. The Balaban J connectivity index is 2.19. The van der Waals surface area contributed by atoms with Crippen molar-refractivity contribution in [2.24, 2.45) is 5.92 Å². The summed E-state index contributed by atoms with van der Waals surface area (Å²) in [4.78, 5) is 21.2. The number of aliphatic carboxylic acids is 1. The van der Waals surface area contributed by atoms with Crippen LogP contribution in [0.2, 0.25) is 0 Å². The molecule has 0 aromatic carbocycles. The van der Waals surface area contributed by atoms with Crippen LogP contribution in [0.25, 0.3) is 0 Å². The van der Waals surface area contributed by atoms with Gasteiger partial charge in [-0.2, -0.15) is 0 Å². The summed E-state index contributed by atoms with van der Waals surface area (Å²) in [7, 11) is 0. The summed E-state index contributed by atoms with van der Waals surface area (Å²) in [6.45, 7) is 1.40. The highest BCUT2D eigenvalue weighted by molar-refractivity contribution is 5.82. The Hall–Kier alpha value is -1.06. The molecule has 4 heteroatoms. The summed E-state index contributed by atoms with van der Waals surface area (Å²) in [5.41, 5.74) is 0. The molecule has 0 saturated heterocycles. The molecule has 0 heterocycles. The lowest BCUT2D eigenvalue weighted by Gasteiger charge is -2.13. The zero-order chi connectivity index (χ0) is 9.14. The molecular formula is C8H12NO3-. The van der Waals surface area contributed by atoms with Crippen LogP contribution >= 0.6 is 0 Å². The average Bonchev–Trinajstić information content (AvgIpc) is 2.71. The Bertz CT molecular complexity index is 198. The van der Waals surface area contributed by atoms with Gasteiger partial charge in [0.1, 0.15) is 0 Å². The van der Waals surface area contributed by atoms with Crippen molar-refractivity contribution in [3.63, 3.8) is 0 Å². The maximum absolute atomic E-state index is 11.0. The molecule has 0 radical (unpaired) electrons. The van der Waals surface area contributed by atoms with Gasteiger partial charge < -0.3 is 15.2 Å². The first kappa shape index (κ1) is 9.03. The third-order valence-corrected chi connectivity index (χ3v) is 1.90. The van der Waals surface area contributed by atoms with Gasteiger partial charge in [0.05, 0.1) is 12.0 Å². The van der Waals surface area contributed by atoms with Gasteiger partial charge in [0, 0.05) is 6.42 Å². The van der Waals surface area contributed by atoms with Crippen LogP contribution in [0.4, 0.5) is 0 Å². The Morgan fingerprint density at radius 3 is 2.58 bits per heavy atom. The topological polar surface area (TPSA) is 69.2 Å². The molecule has 1 fully saturated rings. The summed E-state index contributed by atoms with van der Waals surface area (Å²) in [5.74, 6) is -0.938. The lowest BCUT2D eigenvalue weighted by Crippen LogP contribution is -2.45. The summed E-state index contributed by atoms with van der Waals surface area (Å²) >= 11 is 0. The van der Waals surface area contributed by atoms with Crippen LogP contribution in [0.15, 0.2) is 0 Å². The molecule has 4 nitrogen and oxygen atoms in total. The second-order valence-electron chi connectivity index (χ2n) is 3.26. The maximum atomic E-state index is 11.0. The first-order chi connectivity index (χ1) is 5.59. The van der Waals surface area contributed by atoms with Crippen LogP contribution in [-0.4, -0.2) is 17.9 Å². The van der Waals surface area contributed by atoms with E-state index in [1.165, 1.54) is 6.92 Å². The van der Waals surface area contributed by atoms with Gasteiger partial charge in [-0.25, -0.2) is 0 Å². The van der Waals surface area contributed by atoms with Crippen molar-refractivity contribution in [3.8, 4) is 0 Å². The number of carbonyl (C=O) groups is 2. The summed E-state index contributed by atoms with van der Waals surface area (Å²) in [6.07, 6.45) is 2.64. The van der Waals surface area contributed by atoms with E-state index in [0.717, 1.165) is 12.8 Å². The zero-order valence-electron chi connectivity index (χ0n) is 7.00. The largest absolute Gasteiger partial charge is 0.548 e. The molecule has 1 rings (SSSR count).